The molecule has 1 aliphatic heterocycles. The Balaban J connectivity index is 2.27. The second-order valence-corrected chi connectivity index (χ2v) is 4.74. The number of hydrogen-bond acceptors (Lipinski definition) is 3. The topological polar surface area (TPSA) is 40.6 Å². The fourth-order valence-corrected chi connectivity index (χ4v) is 2.33. The molecule has 0 radical (unpaired) electrons. The van der Waals surface area contributed by atoms with Gasteiger partial charge in [0.05, 0.1) is 6.04 Å². The molecule has 2 rings (SSSR count). The van der Waals surface area contributed by atoms with E-state index < -0.39 is 0 Å². The van der Waals surface area contributed by atoms with Crippen molar-refractivity contribution in [2.75, 3.05) is 26.7 Å². The summed E-state index contributed by atoms with van der Waals surface area (Å²) < 4.78 is 0. The Labute approximate surface area is 107 Å². The number of Topliss-reactive ketones (excluding diaryl/α,β-unsaturated/α-hetero) is 1. The van der Waals surface area contributed by atoms with Crippen LogP contribution >= 0.6 is 0 Å². The highest BCUT2D eigenvalue weighted by atomic mass is 16.2. The van der Waals surface area contributed by atoms with Crippen LogP contribution in [0.15, 0.2) is 30.3 Å². The van der Waals surface area contributed by atoms with Crippen molar-refractivity contribution in [1.29, 1.82) is 0 Å². The van der Waals surface area contributed by atoms with Crippen LogP contribution in [0.5, 0.6) is 0 Å². The molecule has 1 aromatic rings. The molecule has 4 nitrogen and oxygen atoms in total. The van der Waals surface area contributed by atoms with Crippen LogP contribution in [0.1, 0.15) is 18.5 Å². The summed E-state index contributed by atoms with van der Waals surface area (Å²) in [4.78, 5) is 27.1. The molecule has 0 spiro atoms. The van der Waals surface area contributed by atoms with Gasteiger partial charge in [-0.3, -0.25) is 9.59 Å². The quantitative estimate of drug-likeness (QED) is 0.733. The molecule has 1 saturated heterocycles. The molecular formula is C14H18N2O2. The fraction of sp³-hybridized carbons (Fsp3) is 0.429. The van der Waals surface area contributed by atoms with E-state index in [1.807, 2.05) is 37.4 Å². The third kappa shape index (κ3) is 2.59. The maximum atomic E-state index is 11.9. The van der Waals surface area contributed by atoms with Crippen LogP contribution in [0.25, 0.3) is 0 Å². The number of carbonyl (C=O) groups is 2. The standard InChI is InChI=1S/C14H18N2O2/c1-11(17)14(18)16-9-8-15(2)10-13(16)12-6-4-3-5-7-12/h3-7,13H,8-10H2,1-2H3. The molecule has 96 valence electrons. The van der Waals surface area contributed by atoms with Gasteiger partial charge in [0.2, 0.25) is 5.78 Å². The maximum Gasteiger partial charge on any atom is 0.290 e. The molecule has 1 unspecified atom stereocenters. The minimum Gasteiger partial charge on any atom is -0.327 e. The number of nitrogens with zero attached hydrogens (tertiary/aromatic N) is 2. The Hall–Kier alpha value is -1.68. The van der Waals surface area contributed by atoms with E-state index in [2.05, 4.69) is 4.90 Å². The smallest absolute Gasteiger partial charge is 0.290 e. The monoisotopic (exact) mass is 246 g/mol. The van der Waals surface area contributed by atoms with Crippen LogP contribution in [0.3, 0.4) is 0 Å². The van der Waals surface area contributed by atoms with Gasteiger partial charge in [-0.2, -0.15) is 0 Å². The van der Waals surface area contributed by atoms with E-state index in [-0.39, 0.29) is 17.7 Å². The zero-order valence-corrected chi connectivity index (χ0v) is 10.8. The molecule has 1 aromatic carbocycles. The Morgan fingerprint density at radius 1 is 1.17 bits per heavy atom. The van der Waals surface area contributed by atoms with E-state index in [1.165, 1.54) is 6.92 Å². The van der Waals surface area contributed by atoms with Crippen molar-refractivity contribution in [3.05, 3.63) is 35.9 Å². The summed E-state index contributed by atoms with van der Waals surface area (Å²) in [6.07, 6.45) is 0. The summed E-state index contributed by atoms with van der Waals surface area (Å²) in [6, 6.07) is 9.85. The molecular weight excluding hydrogens is 228 g/mol. The molecule has 0 saturated carbocycles. The predicted molar refractivity (Wildman–Crippen MR) is 69.1 cm³/mol. The largest absolute Gasteiger partial charge is 0.327 e. The second kappa shape index (κ2) is 5.31. The third-order valence-corrected chi connectivity index (χ3v) is 3.33. The van der Waals surface area contributed by atoms with Crippen LogP contribution in [-0.4, -0.2) is 48.2 Å². The van der Waals surface area contributed by atoms with Gasteiger partial charge in [-0.25, -0.2) is 0 Å². The normalized spacial score (nSPS) is 20.8. The number of likely N-dealkylation sites (N-methyl/N-ethyl adjacent to an activating group) is 1. The van der Waals surface area contributed by atoms with Crippen molar-refractivity contribution in [1.82, 2.24) is 9.80 Å². The molecule has 1 fully saturated rings. The van der Waals surface area contributed by atoms with Crippen LogP contribution < -0.4 is 0 Å². The van der Waals surface area contributed by atoms with Gasteiger partial charge >= 0.3 is 0 Å². The zero-order valence-electron chi connectivity index (χ0n) is 10.8. The highest BCUT2D eigenvalue weighted by molar-refractivity contribution is 6.35. The van der Waals surface area contributed by atoms with Gasteiger partial charge in [-0.1, -0.05) is 30.3 Å². The first-order valence-corrected chi connectivity index (χ1v) is 6.14. The first-order valence-electron chi connectivity index (χ1n) is 6.14. The van der Waals surface area contributed by atoms with E-state index in [1.54, 1.807) is 4.90 Å². The van der Waals surface area contributed by atoms with Crippen molar-refractivity contribution in [3.63, 3.8) is 0 Å². The average Bonchev–Trinajstić information content (AvgIpc) is 2.39. The lowest BCUT2D eigenvalue weighted by Crippen LogP contribution is -2.50. The highest BCUT2D eigenvalue weighted by Gasteiger charge is 2.31. The number of carbonyl (C=O) groups excluding carboxylic acids is 2. The van der Waals surface area contributed by atoms with Gasteiger partial charge < -0.3 is 9.80 Å². The Morgan fingerprint density at radius 3 is 2.44 bits per heavy atom. The minimum atomic E-state index is -0.388. The predicted octanol–water partition coefficient (Wildman–Crippen LogP) is 1.09. The third-order valence-electron chi connectivity index (χ3n) is 3.33. The fourth-order valence-electron chi connectivity index (χ4n) is 2.33. The number of rotatable bonds is 2. The lowest BCUT2D eigenvalue weighted by molar-refractivity contribution is -0.147. The molecule has 1 atom stereocenters. The van der Waals surface area contributed by atoms with E-state index >= 15 is 0 Å². The Morgan fingerprint density at radius 2 is 1.83 bits per heavy atom. The first kappa shape index (κ1) is 12.8. The van der Waals surface area contributed by atoms with Gasteiger partial charge in [0.25, 0.3) is 5.91 Å². The molecule has 1 amide bonds. The van der Waals surface area contributed by atoms with E-state index in [4.69, 9.17) is 0 Å². The van der Waals surface area contributed by atoms with Crippen molar-refractivity contribution in [3.8, 4) is 0 Å². The van der Waals surface area contributed by atoms with Crippen LogP contribution in [-0.2, 0) is 9.59 Å². The Kier molecular flexibility index (Phi) is 3.77. The number of benzene rings is 1. The van der Waals surface area contributed by atoms with E-state index in [9.17, 15) is 9.59 Å². The molecule has 0 N–H and O–H groups in total. The lowest BCUT2D eigenvalue weighted by Gasteiger charge is -2.39. The van der Waals surface area contributed by atoms with Gasteiger partial charge in [0, 0.05) is 26.6 Å². The molecule has 1 aliphatic rings. The maximum absolute atomic E-state index is 11.9. The lowest BCUT2D eigenvalue weighted by atomic mass is 10.0. The van der Waals surface area contributed by atoms with Crippen LogP contribution in [0, 0.1) is 0 Å². The molecule has 18 heavy (non-hydrogen) atoms. The molecule has 1 heterocycles. The van der Waals surface area contributed by atoms with E-state index in [0.717, 1.165) is 18.7 Å². The van der Waals surface area contributed by atoms with Crippen molar-refractivity contribution in [2.45, 2.75) is 13.0 Å². The van der Waals surface area contributed by atoms with Gasteiger partial charge in [-0.05, 0) is 12.6 Å². The van der Waals surface area contributed by atoms with Crippen molar-refractivity contribution < 1.29 is 9.59 Å². The molecule has 0 aliphatic carbocycles. The number of ketones is 1. The molecule has 0 bridgehead atoms. The SMILES string of the molecule is CC(=O)C(=O)N1CCN(C)CC1c1ccccc1. The number of amides is 1. The summed E-state index contributed by atoms with van der Waals surface area (Å²) in [7, 11) is 2.03. The van der Waals surface area contributed by atoms with Crippen LogP contribution in [0.4, 0.5) is 0 Å². The number of hydrogen-bond donors (Lipinski definition) is 0. The van der Waals surface area contributed by atoms with Crippen molar-refractivity contribution >= 4 is 11.7 Å². The molecule has 4 heteroatoms. The van der Waals surface area contributed by atoms with Gasteiger partial charge in [0.1, 0.15) is 0 Å². The summed E-state index contributed by atoms with van der Waals surface area (Å²) in [5.74, 6) is -0.766. The van der Waals surface area contributed by atoms with Gasteiger partial charge in [0.15, 0.2) is 0 Å². The van der Waals surface area contributed by atoms with Gasteiger partial charge in [-0.15, -0.1) is 0 Å². The Bertz CT molecular complexity index is 444. The minimum absolute atomic E-state index is 0.0265. The summed E-state index contributed by atoms with van der Waals surface area (Å²) >= 11 is 0. The van der Waals surface area contributed by atoms with Crippen molar-refractivity contribution in [2.24, 2.45) is 0 Å². The second-order valence-electron chi connectivity index (χ2n) is 4.74. The van der Waals surface area contributed by atoms with E-state index in [0.29, 0.717) is 6.54 Å². The summed E-state index contributed by atoms with van der Waals surface area (Å²) in [5, 5.41) is 0. The zero-order chi connectivity index (χ0) is 13.1. The summed E-state index contributed by atoms with van der Waals surface area (Å²) in [6.45, 7) is 3.52. The molecule has 0 aromatic heterocycles. The number of piperazine rings is 1. The summed E-state index contributed by atoms with van der Waals surface area (Å²) in [5.41, 5.74) is 1.08. The average molecular weight is 246 g/mol. The first-order chi connectivity index (χ1) is 8.59. The highest BCUT2D eigenvalue weighted by Crippen LogP contribution is 2.24. The van der Waals surface area contributed by atoms with Crippen LogP contribution in [0.2, 0.25) is 0 Å².